The van der Waals surface area contributed by atoms with Gasteiger partial charge >= 0.3 is 5.97 Å². The number of aromatic hydroxyl groups is 1. The van der Waals surface area contributed by atoms with Crippen LogP contribution in [-0.4, -0.2) is 39.7 Å². The summed E-state index contributed by atoms with van der Waals surface area (Å²) >= 11 is 4.59. The zero-order valence-electron chi connectivity index (χ0n) is 21.8. The van der Waals surface area contributed by atoms with Crippen molar-refractivity contribution < 1.29 is 29.4 Å². The standard InChI is InChI=1S/C31H24BrN3O6S/c32-21-11-9-19(10-12-21)15-26(35-29(38)20-5-2-1-3-6-20)30(39)34-22-7-4-8-24(16-22)42-18-28(37)33-23-13-14-27(36)25(17-23)31(40)41/h1-17,36H,18H2,(H,33,37)(H,34,39)(H,35,38)(H,40,41)/b26-15-. The van der Waals surface area contributed by atoms with Gasteiger partial charge in [0.25, 0.3) is 11.8 Å². The fourth-order valence-corrected chi connectivity index (χ4v) is 4.68. The first-order chi connectivity index (χ1) is 20.2. The van der Waals surface area contributed by atoms with E-state index in [0.717, 1.165) is 4.47 Å². The minimum absolute atomic E-state index is 0.00251. The van der Waals surface area contributed by atoms with Crippen molar-refractivity contribution in [2.75, 3.05) is 16.4 Å². The Labute approximate surface area is 253 Å². The Morgan fingerprint density at radius 1 is 0.810 bits per heavy atom. The van der Waals surface area contributed by atoms with Gasteiger partial charge in [-0.15, -0.1) is 11.8 Å². The molecule has 42 heavy (non-hydrogen) atoms. The Hall–Kier alpha value is -4.87. The molecule has 0 radical (unpaired) electrons. The van der Waals surface area contributed by atoms with Crippen LogP contribution in [0.5, 0.6) is 5.75 Å². The second kappa shape index (κ2) is 14.2. The summed E-state index contributed by atoms with van der Waals surface area (Å²) in [7, 11) is 0. The van der Waals surface area contributed by atoms with Crippen molar-refractivity contribution in [1.29, 1.82) is 0 Å². The maximum absolute atomic E-state index is 13.3. The normalized spacial score (nSPS) is 10.9. The molecule has 0 aliphatic rings. The number of thioether (sulfide) groups is 1. The molecule has 9 nitrogen and oxygen atoms in total. The minimum atomic E-state index is -1.31. The van der Waals surface area contributed by atoms with Crippen LogP contribution in [0.4, 0.5) is 11.4 Å². The second-order valence-corrected chi connectivity index (χ2v) is 10.8. The van der Waals surface area contributed by atoms with Crippen molar-refractivity contribution in [2.45, 2.75) is 4.90 Å². The molecule has 0 atom stereocenters. The van der Waals surface area contributed by atoms with Crippen LogP contribution in [0.3, 0.4) is 0 Å². The number of benzene rings is 4. The van der Waals surface area contributed by atoms with Crippen LogP contribution in [0, 0.1) is 0 Å². The van der Waals surface area contributed by atoms with Gasteiger partial charge in [0.1, 0.15) is 17.0 Å². The fourth-order valence-electron chi connectivity index (χ4n) is 3.66. The molecule has 0 aliphatic heterocycles. The molecule has 4 aromatic carbocycles. The van der Waals surface area contributed by atoms with E-state index in [0.29, 0.717) is 21.7 Å². The predicted octanol–water partition coefficient (Wildman–Crippen LogP) is 5.99. The summed E-state index contributed by atoms with van der Waals surface area (Å²) in [6.45, 7) is 0. The van der Waals surface area contributed by atoms with Gasteiger partial charge in [-0.2, -0.15) is 0 Å². The smallest absolute Gasteiger partial charge is 0.339 e. The molecule has 0 heterocycles. The maximum Gasteiger partial charge on any atom is 0.339 e. The summed E-state index contributed by atoms with van der Waals surface area (Å²) in [6, 6.07) is 26.4. The number of carbonyl (C=O) groups is 4. The Morgan fingerprint density at radius 2 is 1.52 bits per heavy atom. The largest absolute Gasteiger partial charge is 0.507 e. The number of phenols is 1. The number of hydrogen-bond acceptors (Lipinski definition) is 6. The molecule has 11 heteroatoms. The van der Waals surface area contributed by atoms with Crippen molar-refractivity contribution in [1.82, 2.24) is 5.32 Å². The summed E-state index contributed by atoms with van der Waals surface area (Å²) in [5.41, 5.74) is 1.51. The number of carboxylic acids is 1. The van der Waals surface area contributed by atoms with Gasteiger partial charge in [-0.1, -0.05) is 52.3 Å². The third-order valence-electron chi connectivity index (χ3n) is 5.68. The molecule has 5 N–H and O–H groups in total. The monoisotopic (exact) mass is 645 g/mol. The number of anilines is 2. The van der Waals surface area contributed by atoms with Gasteiger partial charge in [-0.3, -0.25) is 14.4 Å². The molecule has 0 aliphatic carbocycles. The van der Waals surface area contributed by atoms with E-state index in [1.165, 1.54) is 30.0 Å². The molecule has 0 aromatic heterocycles. The van der Waals surface area contributed by atoms with Crippen LogP contribution in [0.15, 0.2) is 112 Å². The number of hydrogen-bond donors (Lipinski definition) is 5. The summed E-state index contributed by atoms with van der Waals surface area (Å²) in [6.07, 6.45) is 1.57. The number of halogens is 1. The summed E-state index contributed by atoms with van der Waals surface area (Å²) in [5.74, 6) is -3.07. The number of aromatic carboxylic acids is 1. The third kappa shape index (κ3) is 8.56. The van der Waals surface area contributed by atoms with Crippen LogP contribution in [0.1, 0.15) is 26.3 Å². The molecule has 0 spiro atoms. The van der Waals surface area contributed by atoms with Gasteiger partial charge in [-0.05, 0) is 72.3 Å². The van der Waals surface area contributed by atoms with Crippen molar-refractivity contribution in [3.8, 4) is 5.75 Å². The zero-order valence-corrected chi connectivity index (χ0v) is 24.2. The highest BCUT2D eigenvalue weighted by Crippen LogP contribution is 2.24. The summed E-state index contributed by atoms with van der Waals surface area (Å²) in [5, 5.41) is 26.9. The lowest BCUT2D eigenvalue weighted by Gasteiger charge is -2.12. The molecular formula is C31H24BrN3O6S. The van der Waals surface area contributed by atoms with Crippen molar-refractivity contribution in [3.63, 3.8) is 0 Å². The first-order valence-corrected chi connectivity index (χ1v) is 14.2. The van der Waals surface area contributed by atoms with Crippen molar-refractivity contribution in [2.24, 2.45) is 0 Å². The number of carboxylic acid groups (broad SMARTS) is 1. The van der Waals surface area contributed by atoms with E-state index in [1.54, 1.807) is 72.8 Å². The van der Waals surface area contributed by atoms with Crippen LogP contribution in [0.2, 0.25) is 0 Å². The lowest BCUT2D eigenvalue weighted by Crippen LogP contribution is -2.30. The summed E-state index contributed by atoms with van der Waals surface area (Å²) < 4.78 is 0.870. The SMILES string of the molecule is O=C(CSc1cccc(NC(=O)/C(=C/c2ccc(Br)cc2)NC(=O)c2ccccc2)c1)Nc1ccc(O)c(C(=O)O)c1. The highest BCUT2D eigenvalue weighted by molar-refractivity contribution is 9.10. The van der Waals surface area contributed by atoms with Gasteiger partial charge in [0.05, 0.1) is 5.75 Å². The van der Waals surface area contributed by atoms with Gasteiger partial charge in [0.2, 0.25) is 5.91 Å². The number of carbonyl (C=O) groups excluding carboxylic acids is 3. The molecule has 0 saturated heterocycles. The average Bonchev–Trinajstić information content (AvgIpc) is 2.98. The first kappa shape index (κ1) is 30.1. The van der Waals surface area contributed by atoms with E-state index in [2.05, 4.69) is 31.9 Å². The maximum atomic E-state index is 13.3. The highest BCUT2D eigenvalue weighted by Gasteiger charge is 2.16. The molecule has 0 saturated carbocycles. The first-order valence-electron chi connectivity index (χ1n) is 12.4. The highest BCUT2D eigenvalue weighted by atomic mass is 79.9. The van der Waals surface area contributed by atoms with Crippen LogP contribution in [0.25, 0.3) is 6.08 Å². The zero-order chi connectivity index (χ0) is 30.1. The van der Waals surface area contributed by atoms with Gasteiger partial charge in [0.15, 0.2) is 0 Å². The Bertz CT molecular complexity index is 1660. The van der Waals surface area contributed by atoms with Crippen molar-refractivity contribution >= 4 is 68.8 Å². The van der Waals surface area contributed by atoms with E-state index < -0.39 is 23.5 Å². The van der Waals surface area contributed by atoms with E-state index in [-0.39, 0.29) is 28.6 Å². The quantitative estimate of drug-likeness (QED) is 0.0809. The molecule has 0 fully saturated rings. The Balaban J connectivity index is 1.43. The van der Waals surface area contributed by atoms with E-state index in [9.17, 15) is 24.3 Å². The molecule has 4 aromatic rings. The molecule has 212 valence electrons. The van der Waals surface area contributed by atoms with Gasteiger partial charge < -0.3 is 26.2 Å². The van der Waals surface area contributed by atoms with E-state index >= 15 is 0 Å². The summed E-state index contributed by atoms with van der Waals surface area (Å²) in [4.78, 5) is 50.5. The minimum Gasteiger partial charge on any atom is -0.507 e. The van der Waals surface area contributed by atoms with Crippen LogP contribution in [-0.2, 0) is 9.59 Å². The molecule has 4 rings (SSSR count). The average molecular weight is 647 g/mol. The fraction of sp³-hybridized carbons (Fsp3) is 0.0323. The Kier molecular flexibility index (Phi) is 10.1. The predicted molar refractivity (Wildman–Crippen MR) is 166 cm³/mol. The number of amides is 3. The molecular weight excluding hydrogens is 622 g/mol. The van der Waals surface area contributed by atoms with Gasteiger partial charge in [0, 0.05) is 26.3 Å². The van der Waals surface area contributed by atoms with Crippen LogP contribution >= 0.6 is 27.7 Å². The second-order valence-electron chi connectivity index (χ2n) is 8.79. The van der Waals surface area contributed by atoms with E-state index in [4.69, 9.17) is 5.11 Å². The lowest BCUT2D eigenvalue weighted by molar-refractivity contribution is -0.114. The van der Waals surface area contributed by atoms with Crippen molar-refractivity contribution in [3.05, 3.63) is 124 Å². The molecule has 0 unspecified atom stereocenters. The van der Waals surface area contributed by atoms with Crippen LogP contribution < -0.4 is 16.0 Å². The van der Waals surface area contributed by atoms with E-state index in [1.807, 2.05) is 12.1 Å². The molecule has 3 amide bonds. The third-order valence-corrected chi connectivity index (χ3v) is 7.20. The topological polar surface area (TPSA) is 145 Å². The molecule has 0 bridgehead atoms. The van der Waals surface area contributed by atoms with Gasteiger partial charge in [-0.25, -0.2) is 4.79 Å². The Morgan fingerprint density at radius 3 is 2.24 bits per heavy atom. The number of nitrogens with one attached hydrogen (secondary N) is 3. The number of rotatable bonds is 10. The lowest BCUT2D eigenvalue weighted by atomic mass is 10.1.